The van der Waals surface area contributed by atoms with Gasteiger partial charge in [-0.25, -0.2) is 9.97 Å². The molecule has 0 spiro atoms. The van der Waals surface area contributed by atoms with Crippen LogP contribution in [0.2, 0.25) is 5.15 Å². The quantitative estimate of drug-likeness (QED) is 0.678. The molecule has 116 valence electrons. The Labute approximate surface area is 138 Å². The third-order valence-electron chi connectivity index (χ3n) is 3.90. The van der Waals surface area contributed by atoms with Gasteiger partial charge in [0.1, 0.15) is 16.8 Å². The molecular weight excluding hydrogens is 312 g/mol. The molecule has 0 saturated carbocycles. The van der Waals surface area contributed by atoms with Crippen LogP contribution in [0, 0.1) is 6.92 Å². The van der Waals surface area contributed by atoms with E-state index < -0.39 is 0 Å². The molecule has 1 aromatic carbocycles. The highest BCUT2D eigenvalue weighted by Crippen LogP contribution is 2.24. The zero-order valence-electron chi connectivity index (χ0n) is 12.6. The second-order valence-electron chi connectivity index (χ2n) is 5.48. The molecule has 4 rings (SSSR count). The molecule has 1 aliphatic rings. The van der Waals surface area contributed by atoms with Crippen LogP contribution in [-0.2, 0) is 13.1 Å². The Morgan fingerprint density at radius 2 is 1.87 bits per heavy atom. The topological polar surface area (TPSA) is 59.7 Å². The minimum atomic E-state index is 0.463. The van der Waals surface area contributed by atoms with Crippen molar-refractivity contribution in [1.82, 2.24) is 24.7 Å². The smallest absolute Gasteiger partial charge is 0.164 e. The van der Waals surface area contributed by atoms with Gasteiger partial charge in [-0.15, -0.1) is 10.2 Å². The number of halogens is 1. The summed E-state index contributed by atoms with van der Waals surface area (Å²) < 4.78 is 2.17. The first kappa shape index (κ1) is 14.1. The second kappa shape index (κ2) is 5.62. The SMILES string of the molecule is Cc1nc(Cl)cc(N2CCn3c(nnc3-c3ccccc3)C2)n1. The standard InChI is InChI=1S/C16H15ClN6/c1-11-18-13(17)9-14(19-11)22-7-8-23-15(10-22)20-21-16(23)12-5-3-2-4-6-12/h2-6,9H,7-8,10H2,1H3. The minimum Gasteiger partial charge on any atom is -0.347 e. The first-order chi connectivity index (χ1) is 11.2. The Balaban J connectivity index is 1.65. The molecule has 3 heterocycles. The Bertz CT molecular complexity index is 825. The maximum absolute atomic E-state index is 6.04. The predicted molar refractivity (Wildman–Crippen MR) is 88.3 cm³/mol. The summed E-state index contributed by atoms with van der Waals surface area (Å²) in [5, 5.41) is 9.17. The molecule has 7 heteroatoms. The van der Waals surface area contributed by atoms with Gasteiger partial charge >= 0.3 is 0 Å². The number of aryl methyl sites for hydroxylation is 1. The lowest BCUT2D eigenvalue weighted by atomic mass is 10.2. The van der Waals surface area contributed by atoms with Crippen LogP contribution in [0.15, 0.2) is 36.4 Å². The van der Waals surface area contributed by atoms with Crippen LogP contribution in [0.1, 0.15) is 11.6 Å². The fourth-order valence-electron chi connectivity index (χ4n) is 2.83. The number of benzene rings is 1. The molecule has 23 heavy (non-hydrogen) atoms. The fraction of sp³-hybridized carbons (Fsp3) is 0.250. The van der Waals surface area contributed by atoms with Gasteiger partial charge < -0.3 is 9.47 Å². The predicted octanol–water partition coefficient (Wildman–Crippen LogP) is 2.72. The van der Waals surface area contributed by atoms with Crippen LogP contribution in [-0.4, -0.2) is 31.3 Å². The van der Waals surface area contributed by atoms with E-state index in [9.17, 15) is 0 Å². The van der Waals surface area contributed by atoms with Crippen molar-refractivity contribution in [2.75, 3.05) is 11.4 Å². The molecule has 0 unspecified atom stereocenters. The number of hydrogen-bond acceptors (Lipinski definition) is 5. The van der Waals surface area contributed by atoms with E-state index in [1.807, 2.05) is 25.1 Å². The largest absolute Gasteiger partial charge is 0.347 e. The molecule has 0 amide bonds. The molecule has 0 N–H and O–H groups in total. The summed E-state index contributed by atoms with van der Waals surface area (Å²) in [5.41, 5.74) is 1.08. The van der Waals surface area contributed by atoms with Crippen LogP contribution in [0.5, 0.6) is 0 Å². The van der Waals surface area contributed by atoms with E-state index >= 15 is 0 Å². The number of anilines is 1. The van der Waals surface area contributed by atoms with Gasteiger partial charge in [0.25, 0.3) is 0 Å². The molecule has 0 aliphatic carbocycles. The van der Waals surface area contributed by atoms with Crippen LogP contribution in [0.3, 0.4) is 0 Å². The van der Waals surface area contributed by atoms with Crippen molar-refractivity contribution < 1.29 is 0 Å². The van der Waals surface area contributed by atoms with Crippen LogP contribution < -0.4 is 4.90 Å². The highest BCUT2D eigenvalue weighted by atomic mass is 35.5. The fourth-order valence-corrected chi connectivity index (χ4v) is 3.05. The van der Waals surface area contributed by atoms with E-state index in [1.54, 1.807) is 6.07 Å². The summed E-state index contributed by atoms with van der Waals surface area (Å²) in [7, 11) is 0. The molecule has 6 nitrogen and oxygen atoms in total. The number of rotatable bonds is 2. The van der Waals surface area contributed by atoms with Gasteiger partial charge in [0.05, 0.1) is 6.54 Å². The number of nitrogens with zero attached hydrogens (tertiary/aromatic N) is 6. The number of fused-ring (bicyclic) bond motifs is 1. The van der Waals surface area contributed by atoms with Crippen molar-refractivity contribution in [1.29, 1.82) is 0 Å². The van der Waals surface area contributed by atoms with E-state index in [0.29, 0.717) is 17.5 Å². The van der Waals surface area contributed by atoms with E-state index in [1.165, 1.54) is 0 Å². The van der Waals surface area contributed by atoms with Crippen molar-refractivity contribution in [2.45, 2.75) is 20.0 Å². The monoisotopic (exact) mass is 326 g/mol. The van der Waals surface area contributed by atoms with Crippen molar-refractivity contribution in [3.05, 3.63) is 53.2 Å². The summed E-state index contributed by atoms with van der Waals surface area (Å²) in [6.07, 6.45) is 0. The maximum atomic E-state index is 6.04. The van der Waals surface area contributed by atoms with E-state index in [4.69, 9.17) is 11.6 Å². The van der Waals surface area contributed by atoms with Crippen molar-refractivity contribution >= 4 is 17.4 Å². The van der Waals surface area contributed by atoms with Gasteiger partial charge in [0, 0.05) is 24.7 Å². The van der Waals surface area contributed by atoms with Gasteiger partial charge in [-0.2, -0.15) is 0 Å². The van der Waals surface area contributed by atoms with Crippen LogP contribution in [0.25, 0.3) is 11.4 Å². The van der Waals surface area contributed by atoms with Crippen LogP contribution in [0.4, 0.5) is 5.82 Å². The average Bonchev–Trinajstić information content (AvgIpc) is 2.98. The number of aromatic nitrogens is 5. The highest BCUT2D eigenvalue weighted by molar-refractivity contribution is 6.29. The zero-order valence-corrected chi connectivity index (χ0v) is 13.4. The van der Waals surface area contributed by atoms with Gasteiger partial charge in [-0.1, -0.05) is 41.9 Å². The third-order valence-corrected chi connectivity index (χ3v) is 4.10. The normalized spacial score (nSPS) is 13.9. The molecular formula is C16H15ClN6. The Morgan fingerprint density at radius 3 is 2.65 bits per heavy atom. The Kier molecular flexibility index (Phi) is 3.46. The van der Waals surface area contributed by atoms with Crippen molar-refractivity contribution in [3.63, 3.8) is 0 Å². The van der Waals surface area contributed by atoms with E-state index in [0.717, 1.165) is 36.1 Å². The maximum Gasteiger partial charge on any atom is 0.164 e. The Hall–Kier alpha value is -2.47. The Morgan fingerprint density at radius 1 is 1.04 bits per heavy atom. The third kappa shape index (κ3) is 2.66. The molecule has 0 bridgehead atoms. The molecule has 0 radical (unpaired) electrons. The summed E-state index contributed by atoms with van der Waals surface area (Å²) in [5.74, 6) is 3.35. The number of hydrogen-bond donors (Lipinski definition) is 0. The van der Waals surface area contributed by atoms with Crippen molar-refractivity contribution in [2.24, 2.45) is 0 Å². The molecule has 1 aliphatic heterocycles. The molecule has 2 aromatic heterocycles. The van der Waals surface area contributed by atoms with Gasteiger partial charge in [-0.05, 0) is 6.92 Å². The molecule has 0 saturated heterocycles. The van der Waals surface area contributed by atoms with Gasteiger partial charge in [0.15, 0.2) is 11.6 Å². The first-order valence-electron chi connectivity index (χ1n) is 7.44. The summed E-state index contributed by atoms with van der Waals surface area (Å²) in [6, 6.07) is 11.9. The lowest BCUT2D eigenvalue weighted by Gasteiger charge is -2.28. The minimum absolute atomic E-state index is 0.463. The van der Waals surface area contributed by atoms with E-state index in [2.05, 4.69) is 41.8 Å². The lowest BCUT2D eigenvalue weighted by molar-refractivity contribution is 0.559. The second-order valence-corrected chi connectivity index (χ2v) is 5.86. The molecule has 0 atom stereocenters. The van der Waals surface area contributed by atoms with Gasteiger partial charge in [0.2, 0.25) is 0 Å². The highest BCUT2D eigenvalue weighted by Gasteiger charge is 2.23. The van der Waals surface area contributed by atoms with Crippen molar-refractivity contribution in [3.8, 4) is 11.4 Å². The lowest BCUT2D eigenvalue weighted by Crippen LogP contribution is -2.34. The zero-order chi connectivity index (χ0) is 15.8. The van der Waals surface area contributed by atoms with Crippen LogP contribution >= 0.6 is 11.6 Å². The molecule has 3 aromatic rings. The van der Waals surface area contributed by atoms with E-state index in [-0.39, 0.29) is 0 Å². The summed E-state index contributed by atoms with van der Waals surface area (Å²) in [4.78, 5) is 10.7. The summed E-state index contributed by atoms with van der Waals surface area (Å²) in [6.45, 7) is 4.15. The average molecular weight is 327 g/mol. The summed E-state index contributed by atoms with van der Waals surface area (Å²) >= 11 is 6.04. The first-order valence-corrected chi connectivity index (χ1v) is 7.82. The van der Waals surface area contributed by atoms with Gasteiger partial charge in [-0.3, -0.25) is 0 Å². The molecule has 0 fully saturated rings.